The second kappa shape index (κ2) is 8.62. The Morgan fingerprint density at radius 1 is 1.10 bits per heavy atom. The van der Waals surface area contributed by atoms with Crippen molar-refractivity contribution in [2.24, 2.45) is 0 Å². The molecule has 0 saturated carbocycles. The molecule has 1 heterocycles. The summed E-state index contributed by atoms with van der Waals surface area (Å²) in [6, 6.07) is 10.5. The minimum Gasteiger partial charge on any atom is -0.464 e. The van der Waals surface area contributed by atoms with E-state index in [1.54, 1.807) is 37.6 Å². The summed E-state index contributed by atoms with van der Waals surface area (Å²) < 4.78 is 32.0. The number of fused-ring (bicyclic) bond motifs is 1. The van der Waals surface area contributed by atoms with E-state index >= 15 is 0 Å². The molecule has 7 heteroatoms. The number of sulfonamides is 1. The highest BCUT2D eigenvalue weighted by Crippen LogP contribution is 2.25. The summed E-state index contributed by atoms with van der Waals surface area (Å²) in [4.78, 5) is 12.7. The first-order chi connectivity index (χ1) is 14.1. The van der Waals surface area contributed by atoms with Gasteiger partial charge < -0.3 is 9.73 Å². The zero-order valence-corrected chi connectivity index (χ0v) is 18.8. The molecule has 3 rings (SSSR count). The number of benzene rings is 2. The van der Waals surface area contributed by atoms with E-state index in [-0.39, 0.29) is 23.3 Å². The van der Waals surface area contributed by atoms with E-state index in [4.69, 9.17) is 4.42 Å². The molecule has 2 aromatic carbocycles. The Morgan fingerprint density at radius 3 is 2.37 bits per heavy atom. The molecule has 0 fully saturated rings. The summed E-state index contributed by atoms with van der Waals surface area (Å²) >= 11 is 0. The lowest BCUT2D eigenvalue weighted by Crippen LogP contribution is -2.33. The first kappa shape index (κ1) is 22.1. The highest BCUT2D eigenvalue weighted by Gasteiger charge is 2.22. The average Bonchev–Trinajstić information content (AvgIpc) is 3.07. The third-order valence-corrected chi connectivity index (χ3v) is 7.49. The highest BCUT2D eigenvalue weighted by molar-refractivity contribution is 7.89. The topological polar surface area (TPSA) is 79.6 Å². The van der Waals surface area contributed by atoms with Crippen molar-refractivity contribution in [2.75, 3.05) is 7.05 Å². The van der Waals surface area contributed by atoms with Crippen LogP contribution in [0.2, 0.25) is 0 Å². The zero-order chi connectivity index (χ0) is 22.1. The van der Waals surface area contributed by atoms with Crippen molar-refractivity contribution in [3.05, 3.63) is 64.9 Å². The fourth-order valence-corrected chi connectivity index (χ4v) is 4.50. The van der Waals surface area contributed by atoms with Gasteiger partial charge in [0.1, 0.15) is 5.58 Å². The van der Waals surface area contributed by atoms with E-state index < -0.39 is 10.0 Å². The van der Waals surface area contributed by atoms with Gasteiger partial charge in [-0.25, -0.2) is 8.42 Å². The predicted octanol–water partition coefficient (Wildman–Crippen LogP) is 3.94. The van der Waals surface area contributed by atoms with Crippen LogP contribution in [0.4, 0.5) is 0 Å². The number of hydrogen-bond donors (Lipinski definition) is 1. The Kier molecular flexibility index (Phi) is 6.33. The highest BCUT2D eigenvalue weighted by atomic mass is 32.2. The molecule has 0 bridgehead atoms. The Bertz CT molecular complexity index is 1160. The molecular formula is C23H28N2O4S. The fraction of sp³-hybridized carbons (Fsp3) is 0.348. The maximum Gasteiger partial charge on any atom is 0.243 e. The van der Waals surface area contributed by atoms with Crippen molar-refractivity contribution in [1.29, 1.82) is 0 Å². The van der Waals surface area contributed by atoms with Crippen molar-refractivity contribution >= 4 is 26.9 Å². The largest absolute Gasteiger partial charge is 0.464 e. The van der Waals surface area contributed by atoms with Crippen molar-refractivity contribution < 1.29 is 17.6 Å². The van der Waals surface area contributed by atoms with Gasteiger partial charge in [0, 0.05) is 30.6 Å². The Labute approximate surface area is 177 Å². The summed E-state index contributed by atoms with van der Waals surface area (Å²) in [6.45, 7) is 8.04. The molecular weight excluding hydrogens is 400 g/mol. The van der Waals surface area contributed by atoms with Gasteiger partial charge in [-0.05, 0) is 68.7 Å². The van der Waals surface area contributed by atoms with Crippen LogP contribution in [0.25, 0.3) is 11.0 Å². The van der Waals surface area contributed by atoms with Gasteiger partial charge in [0.2, 0.25) is 15.9 Å². The Hall–Kier alpha value is -2.64. The van der Waals surface area contributed by atoms with Gasteiger partial charge in [-0.15, -0.1) is 0 Å². The minimum atomic E-state index is -3.51. The van der Waals surface area contributed by atoms with Crippen molar-refractivity contribution in [3.8, 4) is 0 Å². The molecule has 1 aromatic heterocycles. The predicted molar refractivity (Wildman–Crippen MR) is 118 cm³/mol. The van der Waals surface area contributed by atoms with Crippen LogP contribution in [0.15, 0.2) is 52.0 Å². The number of aryl methyl sites for hydroxylation is 2. The summed E-state index contributed by atoms with van der Waals surface area (Å²) in [7, 11) is -1.95. The van der Waals surface area contributed by atoms with Crippen molar-refractivity contribution in [2.45, 2.75) is 51.6 Å². The fourth-order valence-electron chi connectivity index (χ4n) is 3.13. The normalized spacial score (nSPS) is 12.1. The SMILES string of the molecule is Cc1cc2occ(CC(=O)NCc3ccc(S(=O)(=O)N(C)C(C)C)cc3)c2cc1C. The van der Waals surface area contributed by atoms with Crippen LogP contribution in [-0.4, -0.2) is 31.7 Å². The monoisotopic (exact) mass is 428 g/mol. The lowest BCUT2D eigenvalue weighted by molar-refractivity contribution is -0.120. The zero-order valence-electron chi connectivity index (χ0n) is 18.0. The summed E-state index contributed by atoms with van der Waals surface area (Å²) in [5, 5.41) is 3.84. The molecule has 0 aliphatic rings. The summed E-state index contributed by atoms with van der Waals surface area (Å²) in [6.07, 6.45) is 1.86. The molecule has 0 atom stereocenters. The lowest BCUT2D eigenvalue weighted by atomic mass is 10.0. The Morgan fingerprint density at radius 2 is 1.73 bits per heavy atom. The number of nitrogens with one attached hydrogen (secondary N) is 1. The lowest BCUT2D eigenvalue weighted by Gasteiger charge is -2.21. The standard InChI is InChI=1S/C23H28N2O4S/c1-15(2)25(5)30(27,28)20-8-6-18(7-9-20)13-24-23(26)12-19-14-29-22-11-17(4)16(3)10-21(19)22/h6-11,14-15H,12-13H2,1-5H3,(H,24,26). The molecule has 0 aliphatic carbocycles. The molecule has 6 nitrogen and oxygen atoms in total. The third-order valence-electron chi connectivity index (χ3n) is 5.44. The summed E-state index contributed by atoms with van der Waals surface area (Å²) in [5.41, 5.74) is 4.77. The van der Waals surface area contributed by atoms with Gasteiger partial charge in [-0.2, -0.15) is 4.31 Å². The minimum absolute atomic E-state index is 0.118. The average molecular weight is 429 g/mol. The smallest absolute Gasteiger partial charge is 0.243 e. The van der Waals surface area contributed by atoms with E-state index in [0.717, 1.165) is 33.2 Å². The molecule has 0 radical (unpaired) electrons. The van der Waals surface area contributed by atoms with Gasteiger partial charge >= 0.3 is 0 Å². The molecule has 1 amide bonds. The van der Waals surface area contributed by atoms with Gasteiger partial charge in [0.05, 0.1) is 17.6 Å². The van der Waals surface area contributed by atoms with Crippen molar-refractivity contribution in [3.63, 3.8) is 0 Å². The molecule has 0 spiro atoms. The van der Waals surface area contributed by atoms with Gasteiger partial charge in [0.25, 0.3) is 0 Å². The van der Waals surface area contributed by atoms with Crippen LogP contribution in [0.3, 0.4) is 0 Å². The number of furan rings is 1. The van der Waals surface area contributed by atoms with Crippen LogP contribution in [-0.2, 0) is 27.8 Å². The van der Waals surface area contributed by atoms with Crippen LogP contribution < -0.4 is 5.32 Å². The Balaban J connectivity index is 1.64. The molecule has 0 saturated heterocycles. The number of carbonyl (C=O) groups is 1. The van der Waals surface area contributed by atoms with Crippen molar-refractivity contribution in [1.82, 2.24) is 9.62 Å². The van der Waals surface area contributed by atoms with E-state index in [1.165, 1.54) is 4.31 Å². The van der Waals surface area contributed by atoms with Crippen LogP contribution in [0, 0.1) is 13.8 Å². The van der Waals surface area contributed by atoms with E-state index in [2.05, 4.69) is 5.32 Å². The van der Waals surface area contributed by atoms with Crippen LogP contribution >= 0.6 is 0 Å². The number of amides is 1. The van der Waals surface area contributed by atoms with Gasteiger partial charge in [0.15, 0.2) is 0 Å². The molecule has 30 heavy (non-hydrogen) atoms. The summed E-state index contributed by atoms with van der Waals surface area (Å²) in [5.74, 6) is -0.118. The van der Waals surface area contributed by atoms with Crippen LogP contribution in [0.5, 0.6) is 0 Å². The van der Waals surface area contributed by atoms with Crippen LogP contribution in [0.1, 0.15) is 36.1 Å². The second-order valence-corrected chi connectivity index (χ2v) is 9.90. The van der Waals surface area contributed by atoms with Gasteiger partial charge in [-0.1, -0.05) is 12.1 Å². The van der Waals surface area contributed by atoms with E-state index in [1.807, 2.05) is 39.8 Å². The maximum absolute atomic E-state index is 12.5. The number of rotatable bonds is 7. The molecule has 0 aliphatic heterocycles. The van der Waals surface area contributed by atoms with E-state index in [9.17, 15) is 13.2 Å². The maximum atomic E-state index is 12.5. The number of nitrogens with zero attached hydrogens (tertiary/aromatic N) is 1. The second-order valence-electron chi connectivity index (χ2n) is 7.91. The van der Waals surface area contributed by atoms with E-state index in [0.29, 0.717) is 6.54 Å². The third kappa shape index (κ3) is 4.57. The molecule has 160 valence electrons. The molecule has 1 N–H and O–H groups in total. The molecule has 0 unspecified atom stereocenters. The number of carbonyl (C=O) groups excluding carboxylic acids is 1. The quantitative estimate of drug-likeness (QED) is 0.618. The first-order valence-corrected chi connectivity index (χ1v) is 11.3. The number of hydrogen-bond acceptors (Lipinski definition) is 4. The first-order valence-electron chi connectivity index (χ1n) is 9.90. The van der Waals surface area contributed by atoms with Gasteiger partial charge in [-0.3, -0.25) is 4.79 Å². The molecule has 3 aromatic rings.